The van der Waals surface area contributed by atoms with Gasteiger partial charge in [-0.05, 0) is 24.0 Å². The number of anilines is 1. The van der Waals surface area contributed by atoms with Crippen LogP contribution < -0.4 is 5.32 Å². The number of nitro benzene ring substituents is 1. The highest BCUT2D eigenvalue weighted by molar-refractivity contribution is 5.97. The second-order valence-electron chi connectivity index (χ2n) is 5.78. The molecule has 0 aliphatic heterocycles. The highest BCUT2D eigenvalue weighted by Crippen LogP contribution is 2.33. The minimum absolute atomic E-state index is 0.00464. The number of benzene rings is 1. The summed E-state index contributed by atoms with van der Waals surface area (Å²) in [6.07, 6.45) is 2.43. The van der Waals surface area contributed by atoms with Gasteiger partial charge in [-0.1, -0.05) is 20.8 Å². The van der Waals surface area contributed by atoms with Crippen LogP contribution in [0.1, 0.15) is 27.2 Å². The first kappa shape index (κ1) is 15.2. The number of fused-ring (bicyclic) bond motifs is 1. The van der Waals surface area contributed by atoms with Crippen molar-refractivity contribution >= 4 is 22.3 Å². The molecule has 112 valence electrons. The van der Waals surface area contributed by atoms with Crippen LogP contribution in [0.25, 0.3) is 10.9 Å². The normalized spacial score (nSPS) is 11.6. The Labute approximate surface area is 122 Å². The van der Waals surface area contributed by atoms with Crippen molar-refractivity contribution in [3.05, 3.63) is 40.3 Å². The molecule has 0 saturated carbocycles. The molecule has 2 aromatic rings. The minimum atomic E-state index is -0.653. The fourth-order valence-electron chi connectivity index (χ4n) is 1.97. The molecule has 0 aliphatic rings. The average molecular weight is 291 g/mol. The van der Waals surface area contributed by atoms with E-state index in [0.29, 0.717) is 11.9 Å². The molecule has 1 heterocycles. The van der Waals surface area contributed by atoms with Crippen LogP contribution in [0.2, 0.25) is 0 Å². The number of non-ortho nitro benzene ring substituents is 1. The van der Waals surface area contributed by atoms with E-state index in [9.17, 15) is 14.5 Å². The number of nitro groups is 1. The summed E-state index contributed by atoms with van der Waals surface area (Å²) in [7, 11) is 0. The first-order valence-electron chi connectivity index (χ1n) is 6.81. The highest BCUT2D eigenvalue weighted by atomic mass is 19.1. The molecule has 1 aromatic heterocycles. The Bertz CT molecular complexity index is 686. The largest absolute Gasteiger partial charge is 0.380 e. The van der Waals surface area contributed by atoms with Gasteiger partial charge in [-0.15, -0.1) is 0 Å². The van der Waals surface area contributed by atoms with Gasteiger partial charge < -0.3 is 5.32 Å². The quantitative estimate of drug-likeness (QED) is 0.664. The predicted molar refractivity (Wildman–Crippen MR) is 80.9 cm³/mol. The van der Waals surface area contributed by atoms with E-state index >= 15 is 0 Å². The van der Waals surface area contributed by atoms with Crippen molar-refractivity contribution < 1.29 is 9.31 Å². The number of rotatable bonds is 5. The molecule has 6 heteroatoms. The number of hydrogen-bond donors (Lipinski definition) is 1. The van der Waals surface area contributed by atoms with Crippen LogP contribution in [0.5, 0.6) is 0 Å². The lowest BCUT2D eigenvalue weighted by atomic mass is 9.90. The third kappa shape index (κ3) is 3.09. The summed E-state index contributed by atoms with van der Waals surface area (Å²) in [6, 6.07) is 4.13. The maximum absolute atomic E-state index is 14.2. The van der Waals surface area contributed by atoms with E-state index in [4.69, 9.17) is 0 Å². The van der Waals surface area contributed by atoms with Gasteiger partial charge in [0.1, 0.15) is 5.52 Å². The third-order valence-electron chi connectivity index (χ3n) is 3.72. The number of halogens is 1. The SMILES string of the molecule is CCC(C)(C)CNc1c(F)cc([N+](=O)[O-])c2cccnc12. The zero-order chi connectivity index (χ0) is 15.6. The molecule has 1 N–H and O–H groups in total. The number of hydrogen-bond acceptors (Lipinski definition) is 4. The van der Waals surface area contributed by atoms with Crippen molar-refractivity contribution in [3.63, 3.8) is 0 Å². The summed E-state index contributed by atoms with van der Waals surface area (Å²) < 4.78 is 14.2. The summed E-state index contributed by atoms with van der Waals surface area (Å²) in [5.41, 5.74) is 0.236. The van der Waals surface area contributed by atoms with Gasteiger partial charge in [0.05, 0.1) is 22.1 Å². The Morgan fingerprint density at radius 3 is 2.81 bits per heavy atom. The monoisotopic (exact) mass is 291 g/mol. The van der Waals surface area contributed by atoms with E-state index in [2.05, 4.69) is 31.1 Å². The van der Waals surface area contributed by atoms with Crippen LogP contribution in [-0.2, 0) is 0 Å². The molecule has 0 amide bonds. The fraction of sp³-hybridized carbons (Fsp3) is 0.400. The molecule has 0 radical (unpaired) electrons. The standard InChI is InChI=1S/C15H18FN3O2/c1-4-15(2,3)9-18-14-11(16)8-12(19(20)21)10-6-5-7-17-13(10)14/h5-8,18H,4,9H2,1-3H3. The Balaban J connectivity index is 2.52. The van der Waals surface area contributed by atoms with Gasteiger partial charge in [-0.3, -0.25) is 15.1 Å². The van der Waals surface area contributed by atoms with Crippen LogP contribution in [0.4, 0.5) is 15.8 Å². The zero-order valence-corrected chi connectivity index (χ0v) is 12.3. The van der Waals surface area contributed by atoms with Crippen LogP contribution in [0.3, 0.4) is 0 Å². The molecule has 0 atom stereocenters. The van der Waals surface area contributed by atoms with Gasteiger partial charge in [-0.25, -0.2) is 4.39 Å². The maximum Gasteiger partial charge on any atom is 0.281 e. The molecule has 1 aromatic carbocycles. The molecule has 0 saturated heterocycles. The van der Waals surface area contributed by atoms with Crippen molar-refractivity contribution in [2.45, 2.75) is 27.2 Å². The lowest BCUT2D eigenvalue weighted by Gasteiger charge is -2.24. The third-order valence-corrected chi connectivity index (χ3v) is 3.72. The molecule has 0 fully saturated rings. The Hall–Kier alpha value is -2.24. The number of nitrogens with zero attached hydrogens (tertiary/aromatic N) is 2. The van der Waals surface area contributed by atoms with Crippen molar-refractivity contribution in [1.29, 1.82) is 0 Å². The van der Waals surface area contributed by atoms with Crippen molar-refractivity contribution in [1.82, 2.24) is 4.98 Å². The lowest BCUT2D eigenvalue weighted by Crippen LogP contribution is -2.22. The van der Waals surface area contributed by atoms with Crippen LogP contribution in [0.15, 0.2) is 24.4 Å². The molecule has 0 spiro atoms. The Morgan fingerprint density at radius 2 is 2.19 bits per heavy atom. The number of pyridine rings is 1. The molecule has 2 rings (SSSR count). The van der Waals surface area contributed by atoms with Gasteiger partial charge in [0.15, 0.2) is 5.82 Å². The number of nitrogens with one attached hydrogen (secondary N) is 1. The zero-order valence-electron chi connectivity index (χ0n) is 12.3. The van der Waals surface area contributed by atoms with E-state index in [1.807, 2.05) is 0 Å². The fourth-order valence-corrected chi connectivity index (χ4v) is 1.97. The Kier molecular flexibility index (Phi) is 4.06. The van der Waals surface area contributed by atoms with Gasteiger partial charge in [-0.2, -0.15) is 0 Å². The van der Waals surface area contributed by atoms with E-state index < -0.39 is 10.7 Å². The second kappa shape index (κ2) is 5.63. The van der Waals surface area contributed by atoms with Crippen LogP contribution >= 0.6 is 0 Å². The van der Waals surface area contributed by atoms with Crippen LogP contribution in [0, 0.1) is 21.3 Å². The maximum atomic E-state index is 14.2. The Morgan fingerprint density at radius 1 is 1.48 bits per heavy atom. The topological polar surface area (TPSA) is 68.1 Å². The summed E-state index contributed by atoms with van der Waals surface area (Å²) >= 11 is 0. The second-order valence-corrected chi connectivity index (χ2v) is 5.78. The van der Waals surface area contributed by atoms with Gasteiger partial charge in [0.25, 0.3) is 5.69 Å². The van der Waals surface area contributed by atoms with Crippen molar-refractivity contribution in [2.24, 2.45) is 5.41 Å². The van der Waals surface area contributed by atoms with Gasteiger partial charge in [0.2, 0.25) is 0 Å². The highest BCUT2D eigenvalue weighted by Gasteiger charge is 2.22. The van der Waals surface area contributed by atoms with Gasteiger partial charge >= 0.3 is 0 Å². The lowest BCUT2D eigenvalue weighted by molar-refractivity contribution is -0.383. The van der Waals surface area contributed by atoms with Crippen molar-refractivity contribution in [3.8, 4) is 0 Å². The summed E-state index contributed by atoms with van der Waals surface area (Å²) in [6.45, 7) is 6.76. The molecular weight excluding hydrogens is 273 g/mol. The summed E-state index contributed by atoms with van der Waals surface area (Å²) in [4.78, 5) is 14.5. The molecule has 0 unspecified atom stereocenters. The van der Waals surface area contributed by atoms with E-state index in [0.717, 1.165) is 12.5 Å². The smallest absolute Gasteiger partial charge is 0.281 e. The predicted octanol–water partition coefficient (Wildman–Crippen LogP) is 4.13. The first-order chi connectivity index (χ1) is 9.85. The summed E-state index contributed by atoms with van der Waals surface area (Å²) in [5, 5.41) is 14.4. The molecule has 0 aliphatic carbocycles. The number of aromatic nitrogens is 1. The van der Waals surface area contributed by atoms with Crippen LogP contribution in [-0.4, -0.2) is 16.5 Å². The molecule has 5 nitrogen and oxygen atoms in total. The average Bonchev–Trinajstić information content (AvgIpc) is 2.45. The minimum Gasteiger partial charge on any atom is -0.380 e. The van der Waals surface area contributed by atoms with E-state index in [1.54, 1.807) is 12.1 Å². The molecule has 21 heavy (non-hydrogen) atoms. The van der Waals surface area contributed by atoms with Crippen molar-refractivity contribution in [2.75, 3.05) is 11.9 Å². The first-order valence-corrected chi connectivity index (χ1v) is 6.81. The molecular formula is C15H18FN3O2. The summed E-state index contributed by atoms with van der Waals surface area (Å²) in [5.74, 6) is -0.653. The molecule has 0 bridgehead atoms. The van der Waals surface area contributed by atoms with Gasteiger partial charge in [0, 0.05) is 12.7 Å². The van der Waals surface area contributed by atoms with E-state index in [-0.39, 0.29) is 22.3 Å². The van der Waals surface area contributed by atoms with E-state index in [1.165, 1.54) is 6.20 Å².